The second-order valence-corrected chi connectivity index (χ2v) is 12.8. The molecule has 1 aliphatic carbocycles. The molecule has 2 N–H and O–H groups in total. The van der Waals surface area contributed by atoms with Crippen LogP contribution in [0, 0.1) is 23.2 Å². The van der Waals surface area contributed by atoms with Crippen molar-refractivity contribution in [3.05, 3.63) is 68.8 Å². The minimum Gasteiger partial charge on any atom is -0.481 e. The fraction of sp³-hybridized carbons (Fsp3) is 0.562. The molecular weight excluding hydrogens is 529 g/mol. The lowest BCUT2D eigenvalue weighted by atomic mass is 9.62. The quantitative estimate of drug-likeness (QED) is 0.193. The maximum absolute atomic E-state index is 12.9. The van der Waals surface area contributed by atoms with Crippen molar-refractivity contribution in [1.82, 2.24) is 5.32 Å². The van der Waals surface area contributed by atoms with Gasteiger partial charge in [0.05, 0.1) is 18.0 Å². The number of thioether (sulfide) groups is 1. The van der Waals surface area contributed by atoms with E-state index in [2.05, 4.69) is 82.6 Å². The maximum Gasteiger partial charge on any atom is 0.305 e. The molecule has 4 nitrogen and oxygen atoms in total. The summed E-state index contributed by atoms with van der Waals surface area (Å²) in [6.07, 6.45) is 14.8. The van der Waals surface area contributed by atoms with E-state index in [1.807, 2.05) is 12.1 Å². The van der Waals surface area contributed by atoms with Crippen LogP contribution < -0.4 is 5.32 Å². The van der Waals surface area contributed by atoms with Crippen molar-refractivity contribution in [2.45, 2.75) is 78.9 Å². The van der Waals surface area contributed by atoms with E-state index in [9.17, 15) is 14.0 Å². The van der Waals surface area contributed by atoms with Crippen LogP contribution in [0.15, 0.2) is 59.1 Å². The van der Waals surface area contributed by atoms with Gasteiger partial charge in [-0.05, 0) is 73.5 Å². The topological polar surface area (TPSA) is 66.4 Å². The molecule has 216 valence electrons. The Bertz CT molecular complexity index is 1070. The Hall–Kier alpha value is -2.12. The number of alkyl halides is 1. The highest BCUT2D eigenvalue weighted by Gasteiger charge is 2.38. The number of allylic oxidation sites excluding steroid dienone is 7. The molecule has 4 atom stereocenters. The summed E-state index contributed by atoms with van der Waals surface area (Å²) in [6.45, 7) is 13.2. The summed E-state index contributed by atoms with van der Waals surface area (Å²) in [4.78, 5) is 24.9. The van der Waals surface area contributed by atoms with E-state index < -0.39 is 5.97 Å². The number of hydrogen-bond acceptors (Lipinski definition) is 4. The van der Waals surface area contributed by atoms with Crippen molar-refractivity contribution >= 4 is 35.0 Å². The summed E-state index contributed by atoms with van der Waals surface area (Å²) in [7, 11) is 0. The molecule has 0 fully saturated rings. The molecule has 0 radical (unpaired) electrons. The standard InChI is InChI=1S/C32H46FNO3S2/c1-7-9-23(5)32(8-2,26-12-10-25(11-13-26)16-19-33)24(6)18-21-38-30(22(3)4)27-14-15-28(39-27)31(37)34-20-17-29(35)36/h9-10,12-15,18,21-22,24-25,30H,7-8,11,16-17,19-20H2,1-6H3,(H,34,37)(H,35,36)/b21-18+,23-9-. The minimum atomic E-state index is -0.927. The monoisotopic (exact) mass is 575 g/mol. The van der Waals surface area contributed by atoms with E-state index in [0.29, 0.717) is 17.2 Å². The molecule has 39 heavy (non-hydrogen) atoms. The fourth-order valence-electron chi connectivity index (χ4n) is 5.46. The smallest absolute Gasteiger partial charge is 0.305 e. The number of carboxylic acids is 1. The largest absolute Gasteiger partial charge is 0.481 e. The highest BCUT2D eigenvalue weighted by Crippen LogP contribution is 2.49. The summed E-state index contributed by atoms with van der Waals surface area (Å²) in [5.41, 5.74) is 2.61. The number of carboxylic acid groups (broad SMARTS) is 1. The average molecular weight is 576 g/mol. The SMILES string of the molecule is CC/C=C(/C)C(CC)(C1=CCC(CCF)C=C1)C(C)/C=C/SC(c1ccc(C(=O)NCCC(=O)O)s1)C(C)C. The van der Waals surface area contributed by atoms with Crippen molar-refractivity contribution in [2.75, 3.05) is 13.2 Å². The lowest BCUT2D eigenvalue weighted by molar-refractivity contribution is -0.136. The number of rotatable bonds is 16. The molecule has 4 unspecified atom stereocenters. The van der Waals surface area contributed by atoms with Gasteiger partial charge in [-0.1, -0.05) is 70.6 Å². The van der Waals surface area contributed by atoms with Gasteiger partial charge in [-0.2, -0.15) is 0 Å². The average Bonchev–Trinajstić information content (AvgIpc) is 3.38. The molecule has 0 aromatic carbocycles. The number of halogens is 1. The van der Waals surface area contributed by atoms with Crippen molar-refractivity contribution in [2.24, 2.45) is 23.2 Å². The highest BCUT2D eigenvalue weighted by molar-refractivity contribution is 8.02. The van der Waals surface area contributed by atoms with Gasteiger partial charge in [0.25, 0.3) is 5.91 Å². The fourth-order valence-corrected chi connectivity index (χ4v) is 7.87. The molecule has 0 bridgehead atoms. The van der Waals surface area contributed by atoms with Gasteiger partial charge >= 0.3 is 5.97 Å². The first-order valence-corrected chi connectivity index (χ1v) is 15.9. The number of carbonyl (C=O) groups is 2. The van der Waals surface area contributed by atoms with E-state index in [4.69, 9.17) is 5.11 Å². The molecule has 1 amide bonds. The van der Waals surface area contributed by atoms with Crippen LogP contribution in [0.2, 0.25) is 0 Å². The van der Waals surface area contributed by atoms with E-state index in [1.54, 1.807) is 11.8 Å². The number of aliphatic carboxylic acids is 1. The molecule has 1 aromatic heterocycles. The second kappa shape index (κ2) is 16.2. The molecule has 2 rings (SSSR count). The van der Waals surface area contributed by atoms with Gasteiger partial charge in [0.15, 0.2) is 0 Å². The number of thiophene rings is 1. The highest BCUT2D eigenvalue weighted by atomic mass is 32.2. The summed E-state index contributed by atoms with van der Waals surface area (Å²) >= 11 is 3.26. The number of nitrogens with one attached hydrogen (secondary N) is 1. The van der Waals surface area contributed by atoms with Crippen LogP contribution >= 0.6 is 23.1 Å². The first kappa shape index (κ1) is 33.1. The molecule has 0 saturated carbocycles. The zero-order chi connectivity index (χ0) is 29.0. The number of hydrogen-bond donors (Lipinski definition) is 2. The summed E-state index contributed by atoms with van der Waals surface area (Å²) in [5.74, 6) is -0.239. The van der Waals surface area contributed by atoms with E-state index in [1.165, 1.54) is 22.5 Å². The molecule has 7 heteroatoms. The van der Waals surface area contributed by atoms with E-state index >= 15 is 0 Å². The number of amides is 1. The third-order valence-electron chi connectivity index (χ3n) is 7.69. The van der Waals surface area contributed by atoms with Crippen LogP contribution in [0.25, 0.3) is 0 Å². The van der Waals surface area contributed by atoms with Crippen LogP contribution in [-0.4, -0.2) is 30.2 Å². The van der Waals surface area contributed by atoms with Gasteiger partial charge in [0.2, 0.25) is 0 Å². The predicted molar refractivity (Wildman–Crippen MR) is 165 cm³/mol. The third-order valence-corrected chi connectivity index (χ3v) is 10.4. The zero-order valence-electron chi connectivity index (χ0n) is 24.3. The molecular formula is C32H46FNO3S2. The minimum absolute atomic E-state index is 0.0888. The lowest BCUT2D eigenvalue weighted by Crippen LogP contribution is -2.31. The Morgan fingerprint density at radius 2 is 2.03 bits per heavy atom. The van der Waals surface area contributed by atoms with Crippen molar-refractivity contribution < 1.29 is 19.1 Å². The Morgan fingerprint density at radius 3 is 2.59 bits per heavy atom. The molecule has 0 spiro atoms. The van der Waals surface area contributed by atoms with Gasteiger partial charge in [0.1, 0.15) is 0 Å². The predicted octanol–water partition coefficient (Wildman–Crippen LogP) is 9.15. The van der Waals surface area contributed by atoms with Crippen LogP contribution in [0.3, 0.4) is 0 Å². The second-order valence-electron chi connectivity index (χ2n) is 10.6. The molecule has 1 aliphatic rings. The number of carbonyl (C=O) groups excluding carboxylic acids is 1. The summed E-state index contributed by atoms with van der Waals surface area (Å²) < 4.78 is 12.9. The van der Waals surface area contributed by atoms with E-state index in [0.717, 1.165) is 24.1 Å². The van der Waals surface area contributed by atoms with Crippen molar-refractivity contribution in [1.29, 1.82) is 0 Å². The van der Waals surface area contributed by atoms with Gasteiger partial charge in [-0.3, -0.25) is 14.0 Å². The molecule has 0 aliphatic heterocycles. The Labute approximate surface area is 242 Å². The van der Waals surface area contributed by atoms with Crippen molar-refractivity contribution in [3.8, 4) is 0 Å². The van der Waals surface area contributed by atoms with Crippen LogP contribution in [-0.2, 0) is 4.79 Å². The summed E-state index contributed by atoms with van der Waals surface area (Å²) in [5, 5.41) is 13.9. The first-order chi connectivity index (χ1) is 18.6. The molecule has 1 aromatic rings. The zero-order valence-corrected chi connectivity index (χ0v) is 26.0. The van der Waals surface area contributed by atoms with E-state index in [-0.39, 0.29) is 48.0 Å². The lowest BCUT2D eigenvalue weighted by Gasteiger charge is -2.41. The van der Waals surface area contributed by atoms with Crippen LogP contribution in [0.5, 0.6) is 0 Å². The van der Waals surface area contributed by atoms with Gasteiger partial charge < -0.3 is 10.4 Å². The Balaban J connectivity index is 2.22. The molecule has 0 saturated heterocycles. The van der Waals surface area contributed by atoms with Crippen LogP contribution in [0.1, 0.15) is 93.4 Å². The Morgan fingerprint density at radius 1 is 1.28 bits per heavy atom. The van der Waals surface area contributed by atoms with Gasteiger partial charge in [0, 0.05) is 22.1 Å². The van der Waals surface area contributed by atoms with Crippen LogP contribution in [0.4, 0.5) is 4.39 Å². The normalized spacial score (nSPS) is 19.1. The van der Waals surface area contributed by atoms with Gasteiger partial charge in [-0.15, -0.1) is 23.1 Å². The Kier molecular flexibility index (Phi) is 13.8. The van der Waals surface area contributed by atoms with Crippen molar-refractivity contribution in [3.63, 3.8) is 0 Å². The first-order valence-electron chi connectivity index (χ1n) is 14.1. The van der Waals surface area contributed by atoms with Gasteiger partial charge in [-0.25, -0.2) is 0 Å². The maximum atomic E-state index is 12.9. The third kappa shape index (κ3) is 8.94. The summed E-state index contributed by atoms with van der Waals surface area (Å²) in [6, 6.07) is 3.85. The molecule has 1 heterocycles.